The molecule has 0 aromatic rings. The van der Waals surface area contributed by atoms with E-state index in [0.29, 0.717) is 13.2 Å². The fourth-order valence-electron chi connectivity index (χ4n) is 3.03. The minimum Gasteiger partial charge on any atom is -0.392 e. The van der Waals surface area contributed by atoms with Crippen LogP contribution in [0.25, 0.3) is 0 Å². The van der Waals surface area contributed by atoms with Crippen LogP contribution in [0.1, 0.15) is 32.1 Å². The van der Waals surface area contributed by atoms with Crippen LogP contribution < -0.4 is 0 Å². The second kappa shape index (κ2) is 3.99. The van der Waals surface area contributed by atoms with Crippen LogP contribution >= 0.6 is 0 Å². The first-order valence-electron chi connectivity index (χ1n) is 6.15. The minimum atomic E-state index is -0.434. The Morgan fingerprint density at radius 3 is 2.75 bits per heavy atom. The number of hydrogen-bond donors (Lipinski definition) is 1. The highest BCUT2D eigenvalue weighted by Gasteiger charge is 2.38. The van der Waals surface area contributed by atoms with Gasteiger partial charge in [-0.25, -0.2) is 0 Å². The van der Waals surface area contributed by atoms with Gasteiger partial charge in [-0.3, -0.25) is 0 Å². The zero-order valence-corrected chi connectivity index (χ0v) is 9.50. The van der Waals surface area contributed by atoms with Crippen molar-refractivity contribution >= 4 is 0 Å². The molecule has 0 amide bonds. The molecule has 2 aliphatic carbocycles. The highest BCUT2D eigenvalue weighted by Crippen LogP contribution is 2.42. The molecule has 3 heteroatoms. The van der Waals surface area contributed by atoms with E-state index in [4.69, 9.17) is 9.47 Å². The molecule has 1 aliphatic heterocycles. The fraction of sp³-hybridized carbons (Fsp3) is 0.692. The topological polar surface area (TPSA) is 38.7 Å². The van der Waals surface area contributed by atoms with Crippen LogP contribution in [0.15, 0.2) is 22.8 Å². The van der Waals surface area contributed by atoms with Crippen molar-refractivity contribution < 1.29 is 14.6 Å². The van der Waals surface area contributed by atoms with Gasteiger partial charge < -0.3 is 14.6 Å². The van der Waals surface area contributed by atoms with Crippen molar-refractivity contribution in [3.63, 3.8) is 0 Å². The van der Waals surface area contributed by atoms with Crippen LogP contribution in [0.2, 0.25) is 0 Å². The van der Waals surface area contributed by atoms with E-state index in [9.17, 15) is 5.11 Å². The van der Waals surface area contributed by atoms with Gasteiger partial charge in [0.05, 0.1) is 19.8 Å². The Labute approximate surface area is 95.7 Å². The molecule has 0 saturated carbocycles. The number of allylic oxidation sites excluding steroid dienone is 2. The molecule has 0 aromatic heterocycles. The summed E-state index contributed by atoms with van der Waals surface area (Å²) < 4.78 is 11.4. The second-order valence-electron chi connectivity index (χ2n) is 4.77. The molecular weight excluding hydrogens is 204 g/mol. The first kappa shape index (κ1) is 10.5. The van der Waals surface area contributed by atoms with Gasteiger partial charge in [0.2, 0.25) is 0 Å². The summed E-state index contributed by atoms with van der Waals surface area (Å²) in [5.74, 6) is -0.434. The molecule has 16 heavy (non-hydrogen) atoms. The molecule has 88 valence electrons. The van der Waals surface area contributed by atoms with E-state index in [0.717, 1.165) is 32.1 Å². The lowest BCUT2D eigenvalue weighted by molar-refractivity contribution is -0.123. The fourth-order valence-corrected chi connectivity index (χ4v) is 3.03. The summed E-state index contributed by atoms with van der Waals surface area (Å²) >= 11 is 0. The van der Waals surface area contributed by atoms with Gasteiger partial charge in [0.15, 0.2) is 5.79 Å². The van der Waals surface area contributed by atoms with E-state index in [2.05, 4.69) is 6.08 Å². The van der Waals surface area contributed by atoms with Crippen LogP contribution in [-0.4, -0.2) is 30.7 Å². The number of ether oxygens (including phenoxy) is 2. The van der Waals surface area contributed by atoms with E-state index < -0.39 is 5.79 Å². The lowest BCUT2D eigenvalue weighted by atomic mass is 9.79. The summed E-state index contributed by atoms with van der Waals surface area (Å²) in [4.78, 5) is 0. The van der Waals surface area contributed by atoms with Crippen LogP contribution in [0.3, 0.4) is 0 Å². The van der Waals surface area contributed by atoms with E-state index in [-0.39, 0.29) is 6.61 Å². The van der Waals surface area contributed by atoms with Crippen molar-refractivity contribution in [1.82, 2.24) is 0 Å². The number of aliphatic hydroxyl groups excluding tert-OH is 1. The molecular formula is C13H18O3. The van der Waals surface area contributed by atoms with Gasteiger partial charge in [0.1, 0.15) is 0 Å². The zero-order valence-electron chi connectivity index (χ0n) is 9.50. The highest BCUT2D eigenvalue weighted by molar-refractivity contribution is 5.42. The van der Waals surface area contributed by atoms with Crippen molar-refractivity contribution in [1.29, 1.82) is 0 Å². The Morgan fingerprint density at radius 2 is 2.00 bits per heavy atom. The van der Waals surface area contributed by atoms with Crippen LogP contribution in [-0.2, 0) is 9.47 Å². The summed E-state index contributed by atoms with van der Waals surface area (Å²) in [6, 6.07) is 0. The molecule has 1 N–H and O–H groups in total. The van der Waals surface area contributed by atoms with E-state index in [1.807, 2.05) is 0 Å². The number of fused-ring (bicyclic) bond motifs is 1. The van der Waals surface area contributed by atoms with Gasteiger partial charge >= 0.3 is 0 Å². The lowest BCUT2D eigenvalue weighted by Crippen LogP contribution is -2.32. The van der Waals surface area contributed by atoms with E-state index in [1.54, 1.807) is 0 Å². The van der Waals surface area contributed by atoms with Gasteiger partial charge in [0.25, 0.3) is 0 Å². The van der Waals surface area contributed by atoms with Gasteiger partial charge in [0, 0.05) is 6.42 Å². The van der Waals surface area contributed by atoms with Crippen molar-refractivity contribution in [2.45, 2.75) is 37.9 Å². The van der Waals surface area contributed by atoms with Crippen molar-refractivity contribution in [2.24, 2.45) is 0 Å². The predicted molar refractivity (Wildman–Crippen MR) is 59.9 cm³/mol. The maximum atomic E-state index is 9.34. The van der Waals surface area contributed by atoms with Crippen molar-refractivity contribution in [3.8, 4) is 0 Å². The normalized spacial score (nSPS) is 28.2. The standard InChI is InChI=1S/C13H18O3/c14-9-11-3-1-2-10-8-13(5-4-12(10)11)15-6-7-16-13/h8,14H,1-7,9H2. The molecule has 1 saturated heterocycles. The molecule has 1 fully saturated rings. The van der Waals surface area contributed by atoms with Crippen LogP contribution in [0, 0.1) is 0 Å². The van der Waals surface area contributed by atoms with Gasteiger partial charge in [-0.05, 0) is 48.5 Å². The number of hydrogen-bond acceptors (Lipinski definition) is 3. The third-order valence-electron chi connectivity index (χ3n) is 3.82. The van der Waals surface area contributed by atoms with Gasteiger partial charge in [-0.2, -0.15) is 0 Å². The molecule has 0 aromatic carbocycles. The van der Waals surface area contributed by atoms with Crippen LogP contribution in [0.4, 0.5) is 0 Å². The first-order valence-corrected chi connectivity index (χ1v) is 6.15. The maximum absolute atomic E-state index is 9.34. The molecule has 0 atom stereocenters. The molecule has 1 heterocycles. The number of aliphatic hydroxyl groups is 1. The zero-order chi connectivity index (χ0) is 11.0. The maximum Gasteiger partial charge on any atom is 0.188 e. The van der Waals surface area contributed by atoms with Gasteiger partial charge in [-0.15, -0.1) is 0 Å². The molecule has 0 radical (unpaired) electrons. The quantitative estimate of drug-likeness (QED) is 0.736. The summed E-state index contributed by atoms with van der Waals surface area (Å²) in [5.41, 5.74) is 3.95. The lowest BCUT2D eigenvalue weighted by Gasteiger charge is -2.34. The molecule has 3 nitrogen and oxygen atoms in total. The molecule has 3 rings (SSSR count). The molecule has 0 bridgehead atoms. The SMILES string of the molecule is OCC1=C2CCC3(C=C2CCC1)OCCO3. The molecule has 3 aliphatic rings. The molecule has 1 spiro atoms. The highest BCUT2D eigenvalue weighted by atomic mass is 16.7. The average molecular weight is 222 g/mol. The Balaban J connectivity index is 1.95. The number of rotatable bonds is 1. The summed E-state index contributed by atoms with van der Waals surface area (Å²) in [6.07, 6.45) is 7.34. The summed E-state index contributed by atoms with van der Waals surface area (Å²) in [5, 5.41) is 9.34. The smallest absolute Gasteiger partial charge is 0.188 e. The Morgan fingerprint density at radius 1 is 1.19 bits per heavy atom. The third kappa shape index (κ3) is 1.63. The van der Waals surface area contributed by atoms with Crippen LogP contribution in [0.5, 0.6) is 0 Å². The summed E-state index contributed by atoms with van der Waals surface area (Å²) in [6.45, 7) is 1.62. The van der Waals surface area contributed by atoms with Gasteiger partial charge in [-0.1, -0.05) is 0 Å². The predicted octanol–water partition coefficient (Wildman–Crippen LogP) is 1.92. The van der Waals surface area contributed by atoms with Crippen molar-refractivity contribution in [3.05, 3.63) is 22.8 Å². The Hall–Kier alpha value is -0.640. The largest absolute Gasteiger partial charge is 0.392 e. The summed E-state index contributed by atoms with van der Waals surface area (Å²) in [7, 11) is 0. The van der Waals surface area contributed by atoms with E-state index in [1.165, 1.54) is 16.7 Å². The average Bonchev–Trinajstić information content (AvgIpc) is 2.76. The Bertz CT molecular complexity index is 348. The molecule has 0 unspecified atom stereocenters. The van der Waals surface area contributed by atoms with Crippen molar-refractivity contribution in [2.75, 3.05) is 19.8 Å². The van der Waals surface area contributed by atoms with E-state index >= 15 is 0 Å². The monoisotopic (exact) mass is 222 g/mol. The third-order valence-corrected chi connectivity index (χ3v) is 3.82. The Kier molecular flexibility index (Phi) is 2.62. The second-order valence-corrected chi connectivity index (χ2v) is 4.77. The first-order chi connectivity index (χ1) is 7.83. The minimum absolute atomic E-state index is 0.210.